The fraction of sp³-hybridized carbons (Fsp3) is 0.0870. The Balaban J connectivity index is 1.79. The molecule has 3 rings (SSSR count). The van der Waals surface area contributed by atoms with Crippen LogP contribution in [0.25, 0.3) is 17.4 Å². The first-order valence-electron chi connectivity index (χ1n) is 9.01. The van der Waals surface area contributed by atoms with Gasteiger partial charge in [0.1, 0.15) is 11.5 Å². The number of hydrogen-bond acceptors (Lipinski definition) is 5. The van der Waals surface area contributed by atoms with Crippen LogP contribution in [0.3, 0.4) is 0 Å². The monoisotopic (exact) mass is 437 g/mol. The van der Waals surface area contributed by atoms with Crippen molar-refractivity contribution in [3.63, 3.8) is 0 Å². The van der Waals surface area contributed by atoms with Crippen molar-refractivity contribution in [1.82, 2.24) is 4.90 Å². The minimum Gasteiger partial charge on any atom is -0.478 e. The normalized spacial score (nSPS) is 11.2. The number of aromatic carboxylic acids is 1. The molecular weight excluding hydrogens is 418 g/mol. The van der Waals surface area contributed by atoms with Crippen molar-refractivity contribution >= 4 is 47.4 Å². The van der Waals surface area contributed by atoms with E-state index in [-0.39, 0.29) is 11.5 Å². The molecule has 7 heteroatoms. The van der Waals surface area contributed by atoms with Crippen molar-refractivity contribution in [2.75, 3.05) is 6.26 Å². The molecule has 5 nitrogen and oxygen atoms in total. The first-order chi connectivity index (χ1) is 14.5. The highest BCUT2D eigenvalue weighted by atomic mass is 32.2. The van der Waals surface area contributed by atoms with Crippen molar-refractivity contribution in [2.45, 2.75) is 6.54 Å². The van der Waals surface area contributed by atoms with E-state index in [0.29, 0.717) is 23.0 Å². The summed E-state index contributed by atoms with van der Waals surface area (Å²) in [6, 6.07) is 19.6. The highest BCUT2D eigenvalue weighted by molar-refractivity contribution is 8.03. The topological polar surface area (TPSA) is 70.7 Å². The average molecular weight is 438 g/mol. The third-order valence-electron chi connectivity index (χ3n) is 4.33. The second kappa shape index (κ2) is 10.0. The van der Waals surface area contributed by atoms with Gasteiger partial charge in [-0.3, -0.25) is 4.79 Å². The van der Waals surface area contributed by atoms with Crippen molar-refractivity contribution in [1.29, 1.82) is 0 Å². The minimum absolute atomic E-state index is 0.204. The number of benzene rings is 2. The molecular formula is C23H19NO4S2. The number of furan rings is 1. The van der Waals surface area contributed by atoms with E-state index in [4.69, 9.17) is 21.7 Å². The molecule has 0 atom stereocenters. The van der Waals surface area contributed by atoms with Gasteiger partial charge in [-0.15, -0.1) is 11.8 Å². The Morgan fingerprint density at radius 1 is 1.07 bits per heavy atom. The second-order valence-electron chi connectivity index (χ2n) is 6.32. The Hall–Kier alpha value is -3.16. The third-order valence-corrected chi connectivity index (χ3v) is 5.32. The zero-order valence-corrected chi connectivity index (χ0v) is 17.8. The van der Waals surface area contributed by atoms with Gasteiger partial charge in [0.05, 0.1) is 22.5 Å². The number of carbonyl (C=O) groups is 2. The highest BCUT2D eigenvalue weighted by Gasteiger charge is 2.17. The van der Waals surface area contributed by atoms with Gasteiger partial charge in [0, 0.05) is 5.56 Å². The van der Waals surface area contributed by atoms with Crippen molar-refractivity contribution in [3.8, 4) is 11.3 Å². The van der Waals surface area contributed by atoms with Crippen LogP contribution in [0.15, 0.2) is 76.1 Å². The molecule has 30 heavy (non-hydrogen) atoms. The van der Waals surface area contributed by atoms with Crippen LogP contribution in [-0.4, -0.2) is 33.6 Å². The Morgan fingerprint density at radius 2 is 1.77 bits per heavy atom. The molecule has 1 N–H and O–H groups in total. The molecule has 2 aromatic carbocycles. The molecule has 0 spiro atoms. The maximum Gasteiger partial charge on any atom is 0.335 e. The van der Waals surface area contributed by atoms with Crippen LogP contribution >= 0.6 is 24.0 Å². The Labute approximate surface area is 184 Å². The molecule has 152 valence electrons. The van der Waals surface area contributed by atoms with Crippen LogP contribution in [-0.2, 0) is 11.3 Å². The Bertz CT molecular complexity index is 1070. The fourth-order valence-electron chi connectivity index (χ4n) is 2.78. The molecule has 1 aromatic heterocycles. The predicted octanol–water partition coefficient (Wildman–Crippen LogP) is 5.33. The van der Waals surface area contributed by atoms with Crippen LogP contribution in [0, 0.1) is 0 Å². The SMILES string of the molecule is CS/C(=C\c1ccc(-c2ccc(C(=O)O)cc2)o1)C(=O)N(C=S)Cc1ccccc1. The van der Waals surface area contributed by atoms with E-state index in [2.05, 4.69) is 0 Å². The molecule has 3 aromatic rings. The number of carboxylic acid groups (broad SMARTS) is 1. The van der Waals surface area contributed by atoms with Gasteiger partial charge in [-0.25, -0.2) is 4.79 Å². The maximum absolute atomic E-state index is 12.9. The lowest BCUT2D eigenvalue weighted by atomic mass is 10.1. The zero-order chi connectivity index (χ0) is 21.5. The smallest absolute Gasteiger partial charge is 0.335 e. The Morgan fingerprint density at radius 3 is 2.37 bits per heavy atom. The number of thioether (sulfide) groups is 1. The van der Waals surface area contributed by atoms with E-state index >= 15 is 0 Å². The number of rotatable bonds is 8. The summed E-state index contributed by atoms with van der Waals surface area (Å²) in [7, 11) is 0. The van der Waals surface area contributed by atoms with E-state index in [1.54, 1.807) is 30.3 Å². The summed E-state index contributed by atoms with van der Waals surface area (Å²) < 4.78 is 5.84. The van der Waals surface area contributed by atoms with Crippen molar-refractivity contribution < 1.29 is 19.1 Å². The lowest BCUT2D eigenvalue weighted by Crippen LogP contribution is -2.28. The van der Waals surface area contributed by atoms with Crippen LogP contribution in [0.2, 0.25) is 0 Å². The highest BCUT2D eigenvalue weighted by Crippen LogP contribution is 2.26. The molecule has 1 heterocycles. The number of amides is 1. The molecule has 1 amide bonds. The summed E-state index contributed by atoms with van der Waals surface area (Å²) in [5.41, 5.74) is 3.30. The van der Waals surface area contributed by atoms with E-state index in [9.17, 15) is 9.59 Å². The van der Waals surface area contributed by atoms with E-state index in [0.717, 1.165) is 11.1 Å². The molecule has 0 bridgehead atoms. The first kappa shape index (κ1) is 21.5. The predicted molar refractivity (Wildman–Crippen MR) is 123 cm³/mol. The van der Waals surface area contributed by atoms with Gasteiger partial charge in [-0.1, -0.05) is 54.7 Å². The molecule has 0 unspecified atom stereocenters. The minimum atomic E-state index is -0.980. The zero-order valence-electron chi connectivity index (χ0n) is 16.1. The molecule has 0 aliphatic carbocycles. The largest absolute Gasteiger partial charge is 0.478 e. The summed E-state index contributed by atoms with van der Waals surface area (Å²) in [4.78, 5) is 25.9. The van der Waals surface area contributed by atoms with Crippen LogP contribution in [0.1, 0.15) is 21.7 Å². The summed E-state index contributed by atoms with van der Waals surface area (Å²) in [5, 5.41) is 9.01. The molecule has 0 saturated heterocycles. The molecule has 0 aliphatic heterocycles. The van der Waals surface area contributed by atoms with E-state index in [1.165, 1.54) is 34.3 Å². The fourth-order valence-corrected chi connectivity index (χ4v) is 3.47. The molecule has 0 radical (unpaired) electrons. The summed E-state index contributed by atoms with van der Waals surface area (Å²) in [5.74, 6) is -0.0763. The van der Waals surface area contributed by atoms with Crippen LogP contribution in [0.5, 0.6) is 0 Å². The number of thiocarbonyl (C=S) groups is 1. The number of nitrogens with zero attached hydrogens (tertiary/aromatic N) is 1. The number of carboxylic acids is 1. The van der Waals surface area contributed by atoms with E-state index < -0.39 is 5.97 Å². The molecule has 0 fully saturated rings. The van der Waals surface area contributed by atoms with Crippen LogP contribution in [0.4, 0.5) is 0 Å². The quantitative estimate of drug-likeness (QED) is 0.379. The Kier molecular flexibility index (Phi) is 7.21. The molecule has 0 saturated carbocycles. The van der Waals surface area contributed by atoms with Crippen molar-refractivity contribution in [3.05, 3.63) is 88.5 Å². The van der Waals surface area contributed by atoms with Gasteiger partial charge in [0.2, 0.25) is 0 Å². The third kappa shape index (κ3) is 5.25. The molecule has 0 aliphatic rings. The van der Waals surface area contributed by atoms with Gasteiger partial charge >= 0.3 is 5.97 Å². The number of hydrogen-bond donors (Lipinski definition) is 1. The van der Waals surface area contributed by atoms with Gasteiger partial charge in [0.15, 0.2) is 0 Å². The van der Waals surface area contributed by atoms with Crippen LogP contribution < -0.4 is 0 Å². The standard InChI is InChI=1S/C23H19NO4S2/c1-30-21(22(25)24(15-29)14-16-5-3-2-4-6-16)13-19-11-12-20(28-19)17-7-9-18(10-8-17)23(26)27/h2-13,15H,14H2,1H3,(H,26,27)/b21-13-. The van der Waals surface area contributed by atoms with Gasteiger partial charge in [-0.2, -0.15) is 0 Å². The summed E-state index contributed by atoms with van der Waals surface area (Å²) >= 11 is 6.37. The second-order valence-corrected chi connectivity index (χ2v) is 7.38. The van der Waals surface area contributed by atoms with E-state index in [1.807, 2.05) is 36.6 Å². The van der Waals surface area contributed by atoms with Crippen molar-refractivity contribution in [2.24, 2.45) is 0 Å². The first-order valence-corrected chi connectivity index (χ1v) is 10.7. The lowest BCUT2D eigenvalue weighted by Gasteiger charge is -2.18. The average Bonchev–Trinajstić information content (AvgIpc) is 3.24. The summed E-state index contributed by atoms with van der Waals surface area (Å²) in [6.45, 7) is 0.389. The lowest BCUT2D eigenvalue weighted by molar-refractivity contribution is -0.122. The van der Waals surface area contributed by atoms with Gasteiger partial charge in [0.25, 0.3) is 5.91 Å². The number of carbonyl (C=O) groups excluding carboxylic acids is 1. The summed E-state index contributed by atoms with van der Waals surface area (Å²) in [6.07, 6.45) is 3.50. The maximum atomic E-state index is 12.9. The van der Waals surface area contributed by atoms with Gasteiger partial charge in [-0.05, 0) is 42.2 Å². The van der Waals surface area contributed by atoms with Gasteiger partial charge < -0.3 is 14.4 Å².